The molecular weight excluding hydrogens is 244 g/mol. The molecule has 3 N–H and O–H groups in total. The van der Waals surface area contributed by atoms with Crippen molar-refractivity contribution in [3.8, 4) is 0 Å². The van der Waals surface area contributed by atoms with Gasteiger partial charge in [0.2, 0.25) is 0 Å². The fourth-order valence-electron chi connectivity index (χ4n) is 1.52. The first-order valence-corrected chi connectivity index (χ1v) is 6.66. The maximum atomic E-state index is 11.9. The molecule has 1 heterocycles. The van der Waals surface area contributed by atoms with E-state index in [0.717, 1.165) is 12.8 Å². The van der Waals surface area contributed by atoms with Crippen LogP contribution in [-0.4, -0.2) is 34.9 Å². The van der Waals surface area contributed by atoms with Gasteiger partial charge in [0.25, 0.3) is 11.8 Å². The molecule has 0 atom stereocenters. The maximum absolute atomic E-state index is 11.9. The molecule has 0 aliphatic rings. The zero-order valence-corrected chi connectivity index (χ0v) is 11.7. The highest BCUT2D eigenvalue weighted by molar-refractivity contribution is 6.04. The van der Waals surface area contributed by atoms with Crippen LogP contribution < -0.4 is 10.6 Å². The SMILES string of the molecule is CCCNC(=O)c1[nH]cnc1C(=O)NCCC(C)C. The molecule has 0 saturated carbocycles. The van der Waals surface area contributed by atoms with Crippen LogP contribution in [-0.2, 0) is 0 Å². The first kappa shape index (κ1) is 15.2. The number of nitrogens with one attached hydrogen (secondary N) is 3. The molecule has 0 unspecified atom stereocenters. The Morgan fingerprint density at radius 3 is 2.58 bits per heavy atom. The third-order valence-electron chi connectivity index (χ3n) is 2.62. The molecule has 106 valence electrons. The molecule has 0 fully saturated rings. The van der Waals surface area contributed by atoms with E-state index in [2.05, 4.69) is 34.4 Å². The molecule has 19 heavy (non-hydrogen) atoms. The van der Waals surface area contributed by atoms with E-state index in [0.29, 0.717) is 19.0 Å². The number of carbonyl (C=O) groups is 2. The Morgan fingerprint density at radius 1 is 1.26 bits per heavy atom. The summed E-state index contributed by atoms with van der Waals surface area (Å²) in [6.07, 6.45) is 3.10. The van der Waals surface area contributed by atoms with Gasteiger partial charge in [-0.2, -0.15) is 0 Å². The molecule has 1 aromatic rings. The Hall–Kier alpha value is -1.85. The van der Waals surface area contributed by atoms with Gasteiger partial charge in [-0.05, 0) is 18.8 Å². The highest BCUT2D eigenvalue weighted by atomic mass is 16.2. The van der Waals surface area contributed by atoms with E-state index in [1.54, 1.807) is 0 Å². The summed E-state index contributed by atoms with van der Waals surface area (Å²) in [4.78, 5) is 30.3. The minimum absolute atomic E-state index is 0.150. The Bertz CT molecular complexity index is 426. The lowest BCUT2D eigenvalue weighted by Crippen LogP contribution is -2.30. The van der Waals surface area contributed by atoms with Gasteiger partial charge in [-0.3, -0.25) is 9.59 Å². The molecule has 0 aliphatic carbocycles. The zero-order valence-electron chi connectivity index (χ0n) is 11.7. The lowest BCUT2D eigenvalue weighted by atomic mass is 10.1. The number of amides is 2. The smallest absolute Gasteiger partial charge is 0.272 e. The number of rotatable bonds is 7. The lowest BCUT2D eigenvalue weighted by Gasteiger charge is -2.07. The topological polar surface area (TPSA) is 86.9 Å². The minimum atomic E-state index is -0.316. The van der Waals surface area contributed by atoms with Crippen LogP contribution in [0.3, 0.4) is 0 Å². The highest BCUT2D eigenvalue weighted by Crippen LogP contribution is 2.03. The van der Waals surface area contributed by atoms with Crippen LogP contribution in [0.15, 0.2) is 6.33 Å². The summed E-state index contributed by atoms with van der Waals surface area (Å²) in [5.74, 6) is -0.0938. The summed E-state index contributed by atoms with van der Waals surface area (Å²) in [7, 11) is 0. The molecular formula is C13H22N4O2. The number of aromatic nitrogens is 2. The predicted molar refractivity (Wildman–Crippen MR) is 73.0 cm³/mol. The van der Waals surface area contributed by atoms with Crippen LogP contribution in [0, 0.1) is 5.92 Å². The summed E-state index contributed by atoms with van der Waals surface area (Å²) in [5, 5.41) is 5.48. The van der Waals surface area contributed by atoms with Gasteiger partial charge in [0.15, 0.2) is 5.69 Å². The molecule has 0 aromatic carbocycles. The maximum Gasteiger partial charge on any atom is 0.272 e. The van der Waals surface area contributed by atoms with E-state index in [4.69, 9.17) is 0 Å². The highest BCUT2D eigenvalue weighted by Gasteiger charge is 2.19. The standard InChI is InChI=1S/C13H22N4O2/c1-4-6-14-12(18)10-11(17-8-16-10)13(19)15-7-5-9(2)3/h8-9H,4-7H2,1-3H3,(H,14,18)(H,15,19)(H,16,17). The summed E-state index contributed by atoms with van der Waals surface area (Å²) < 4.78 is 0. The molecule has 0 aliphatic heterocycles. The van der Waals surface area contributed by atoms with Crippen molar-refractivity contribution in [2.75, 3.05) is 13.1 Å². The van der Waals surface area contributed by atoms with Crippen LogP contribution >= 0.6 is 0 Å². The van der Waals surface area contributed by atoms with E-state index in [-0.39, 0.29) is 23.2 Å². The number of carbonyl (C=O) groups excluding carboxylic acids is 2. The number of nitrogens with zero attached hydrogens (tertiary/aromatic N) is 1. The van der Waals surface area contributed by atoms with Crippen molar-refractivity contribution >= 4 is 11.8 Å². The molecule has 1 aromatic heterocycles. The van der Waals surface area contributed by atoms with Gasteiger partial charge in [0, 0.05) is 13.1 Å². The third-order valence-corrected chi connectivity index (χ3v) is 2.62. The zero-order chi connectivity index (χ0) is 14.3. The van der Waals surface area contributed by atoms with Crippen molar-refractivity contribution in [1.29, 1.82) is 0 Å². The monoisotopic (exact) mass is 266 g/mol. The predicted octanol–water partition coefficient (Wildman–Crippen LogP) is 1.33. The average Bonchev–Trinajstić information content (AvgIpc) is 2.84. The number of H-pyrrole nitrogens is 1. The molecule has 0 spiro atoms. The molecule has 6 nitrogen and oxygen atoms in total. The quantitative estimate of drug-likeness (QED) is 0.695. The summed E-state index contributed by atoms with van der Waals surface area (Å²) >= 11 is 0. The van der Waals surface area contributed by atoms with Gasteiger partial charge in [-0.1, -0.05) is 20.8 Å². The molecule has 0 bridgehead atoms. The van der Waals surface area contributed by atoms with Gasteiger partial charge in [-0.25, -0.2) is 4.98 Å². The molecule has 1 rings (SSSR count). The van der Waals surface area contributed by atoms with Crippen LogP contribution in [0.1, 0.15) is 54.6 Å². The number of hydrogen-bond donors (Lipinski definition) is 3. The fraction of sp³-hybridized carbons (Fsp3) is 0.615. The van der Waals surface area contributed by atoms with E-state index < -0.39 is 0 Å². The van der Waals surface area contributed by atoms with Crippen molar-refractivity contribution in [2.24, 2.45) is 5.92 Å². The fourth-order valence-corrected chi connectivity index (χ4v) is 1.52. The Kier molecular flexibility index (Phi) is 6.05. The second-order valence-corrected chi connectivity index (χ2v) is 4.82. The molecule has 0 radical (unpaired) electrons. The van der Waals surface area contributed by atoms with Crippen LogP contribution in [0.4, 0.5) is 0 Å². The van der Waals surface area contributed by atoms with Gasteiger partial charge < -0.3 is 15.6 Å². The van der Waals surface area contributed by atoms with E-state index in [1.165, 1.54) is 6.33 Å². The summed E-state index contributed by atoms with van der Waals surface area (Å²) in [5.41, 5.74) is 0.368. The Balaban J connectivity index is 2.60. The number of aromatic amines is 1. The van der Waals surface area contributed by atoms with E-state index >= 15 is 0 Å². The normalized spacial score (nSPS) is 10.5. The third kappa shape index (κ3) is 4.73. The second-order valence-electron chi connectivity index (χ2n) is 4.82. The van der Waals surface area contributed by atoms with Crippen molar-refractivity contribution in [3.63, 3.8) is 0 Å². The van der Waals surface area contributed by atoms with Gasteiger partial charge in [0.05, 0.1) is 6.33 Å². The molecule has 6 heteroatoms. The average molecular weight is 266 g/mol. The summed E-state index contributed by atoms with van der Waals surface area (Å²) in [6.45, 7) is 7.30. The first-order valence-electron chi connectivity index (χ1n) is 6.66. The molecule has 0 saturated heterocycles. The largest absolute Gasteiger partial charge is 0.351 e. The Morgan fingerprint density at radius 2 is 1.95 bits per heavy atom. The van der Waals surface area contributed by atoms with Crippen molar-refractivity contribution in [1.82, 2.24) is 20.6 Å². The van der Waals surface area contributed by atoms with Crippen LogP contribution in [0.2, 0.25) is 0 Å². The van der Waals surface area contributed by atoms with Crippen molar-refractivity contribution in [2.45, 2.75) is 33.6 Å². The van der Waals surface area contributed by atoms with Gasteiger partial charge in [-0.15, -0.1) is 0 Å². The number of hydrogen-bond acceptors (Lipinski definition) is 3. The molecule has 2 amide bonds. The van der Waals surface area contributed by atoms with Gasteiger partial charge in [0.1, 0.15) is 5.69 Å². The minimum Gasteiger partial charge on any atom is -0.351 e. The second kappa shape index (κ2) is 7.56. The number of imidazole rings is 1. The van der Waals surface area contributed by atoms with Crippen molar-refractivity contribution < 1.29 is 9.59 Å². The summed E-state index contributed by atoms with van der Waals surface area (Å²) in [6, 6.07) is 0. The van der Waals surface area contributed by atoms with Crippen LogP contribution in [0.5, 0.6) is 0 Å². The first-order chi connectivity index (χ1) is 9.06. The van der Waals surface area contributed by atoms with Crippen LogP contribution in [0.25, 0.3) is 0 Å². The Labute approximate surface area is 113 Å². The van der Waals surface area contributed by atoms with Crippen molar-refractivity contribution in [3.05, 3.63) is 17.7 Å². The van der Waals surface area contributed by atoms with E-state index in [9.17, 15) is 9.59 Å². The van der Waals surface area contributed by atoms with Gasteiger partial charge >= 0.3 is 0 Å². The van der Waals surface area contributed by atoms with E-state index in [1.807, 2.05) is 6.92 Å². The lowest BCUT2D eigenvalue weighted by molar-refractivity contribution is 0.0913.